The van der Waals surface area contributed by atoms with Crippen LogP contribution in [-0.2, 0) is 14.3 Å². The number of ketones is 1. The van der Waals surface area contributed by atoms with Gasteiger partial charge in [-0.1, -0.05) is 53.5 Å². The molecule has 0 bridgehead atoms. The first-order valence-corrected chi connectivity index (χ1v) is 35.2. The molecular weight excluding hydrogens is 1160 g/mol. The number of fused-ring (bicyclic) bond motifs is 2. The molecule has 480 valence electrons. The zero-order valence-electron chi connectivity index (χ0n) is 53.9. The monoisotopic (exact) mass is 1250 g/mol. The molecule has 20 heteroatoms. The molecule has 4 amide bonds. The Bertz CT molecular complexity index is 3610. The van der Waals surface area contributed by atoms with Gasteiger partial charge in [0.25, 0.3) is 5.91 Å². The Morgan fingerprint density at radius 2 is 1.53 bits per heavy atom. The quantitative estimate of drug-likeness (QED) is 0.0499. The van der Waals surface area contributed by atoms with E-state index < -0.39 is 31.2 Å². The Morgan fingerprint density at radius 1 is 0.800 bits per heavy atom. The molecule has 1 N–H and O–H groups in total. The molecular formula is C70H89F2N9O8Si. The number of anilines is 2. The van der Waals surface area contributed by atoms with Crippen molar-refractivity contribution in [2.45, 2.75) is 142 Å². The van der Waals surface area contributed by atoms with Crippen LogP contribution in [0.15, 0.2) is 48.7 Å². The molecule has 17 nitrogen and oxygen atoms in total. The molecule has 7 aliphatic rings. The number of piperazine rings is 1. The summed E-state index contributed by atoms with van der Waals surface area (Å²) in [5.41, 5.74) is 5.82. The van der Waals surface area contributed by atoms with Crippen molar-refractivity contribution in [3.8, 4) is 40.2 Å². The maximum absolute atomic E-state index is 18.1. The highest BCUT2D eigenvalue weighted by atomic mass is 28.3. The smallest absolute Gasteiger partial charge is 0.328 e. The summed E-state index contributed by atoms with van der Waals surface area (Å²) in [6.07, 6.45) is 13.5. The van der Waals surface area contributed by atoms with E-state index in [0.717, 1.165) is 84.2 Å². The largest absolute Gasteiger partial charge is 0.495 e. The van der Waals surface area contributed by atoms with Crippen molar-refractivity contribution in [1.29, 1.82) is 0 Å². The van der Waals surface area contributed by atoms with Gasteiger partial charge in [-0.05, 0) is 140 Å². The van der Waals surface area contributed by atoms with Gasteiger partial charge < -0.3 is 38.5 Å². The Balaban J connectivity index is 0.718. The van der Waals surface area contributed by atoms with Gasteiger partial charge in [-0.2, -0.15) is 9.97 Å². The average Bonchev–Trinajstić information content (AvgIpc) is 1.33. The van der Waals surface area contributed by atoms with Crippen LogP contribution >= 0.6 is 0 Å². The number of amides is 4. The number of hydrogen-bond acceptors (Lipinski definition) is 14. The van der Waals surface area contributed by atoms with E-state index in [2.05, 4.69) is 73.0 Å². The Kier molecular flexibility index (Phi) is 18.1. The zero-order chi connectivity index (χ0) is 63.3. The van der Waals surface area contributed by atoms with Gasteiger partial charge >= 0.3 is 12.0 Å². The second kappa shape index (κ2) is 25.7. The lowest BCUT2D eigenvalue weighted by molar-refractivity contribution is -0.138. The number of carbonyl (C=O) groups excluding carboxylic acids is 4. The SMILES string of the molecule is COCOc1cc(-c2ncc3c(N4CCC[C@]5(CCC5=O)C4)nc(OCC4(CN5CCN(CC6CCC7(CC6)CCN(C(=O)c6ccc(OC)c(N8CCC(=O)NC8=O)c6)CC7)CC5)CC4)nc3c2F)c2c(C#C[Si](C(C)C)(C(C)C)C(C)C)c(F)ccc2c1. The third-order valence-electron chi connectivity index (χ3n) is 21.9. The second-order valence-electron chi connectivity index (χ2n) is 28.2. The summed E-state index contributed by atoms with van der Waals surface area (Å²) < 4.78 is 58.2. The van der Waals surface area contributed by atoms with Crippen LogP contribution in [0, 0.1) is 45.3 Å². The van der Waals surface area contributed by atoms with Crippen LogP contribution in [0.25, 0.3) is 32.9 Å². The summed E-state index contributed by atoms with van der Waals surface area (Å²) >= 11 is 0. The van der Waals surface area contributed by atoms with Crippen molar-refractivity contribution in [3.05, 3.63) is 71.4 Å². The van der Waals surface area contributed by atoms with Crippen LogP contribution in [0.5, 0.6) is 17.5 Å². The van der Waals surface area contributed by atoms with E-state index in [1.54, 1.807) is 42.6 Å². The minimum absolute atomic E-state index is 0.0312. The topological polar surface area (TPSA) is 172 Å². The van der Waals surface area contributed by atoms with Gasteiger partial charge in [0.1, 0.15) is 48.2 Å². The number of rotatable bonds is 18. The van der Waals surface area contributed by atoms with E-state index in [1.165, 1.54) is 50.9 Å². The Morgan fingerprint density at radius 3 is 2.19 bits per heavy atom. The average molecular weight is 1250 g/mol. The minimum Gasteiger partial charge on any atom is -0.495 e. The number of nitrogens with one attached hydrogen (secondary N) is 1. The third kappa shape index (κ3) is 12.4. The standard InChI is InChI=1S/C70H89F2N9O8Si/c1-45(2)90(46(3)4,47(5)6)35-18-52-55(71)12-10-49-36-51(89-44-86-7)38-53(60(49)52)62-61(72)63-54(39-73-62)64(80-27-9-19-70(42-80)22-16-58(70)82)76-66(75-63)88-43-69(23-24-69)41-78-33-31-77(32-34-78)40-48-14-20-68(21-15-48)25-29-79(30-26-68)65(84)50-11-13-57(87-8)56(37-50)81-28-17-59(83)74-67(81)85/h10-13,36-39,45-48H,9,14-17,19-34,40-44H2,1-8H3,(H,74,83,85)/t70-/m0/s1. The number of imide groups is 1. The van der Waals surface area contributed by atoms with Gasteiger partial charge in [-0.15, -0.1) is 5.54 Å². The molecule has 1 atom stereocenters. The van der Waals surface area contributed by atoms with E-state index >= 15 is 8.78 Å². The first kappa shape index (κ1) is 63.4. The molecule has 2 spiro atoms. The van der Waals surface area contributed by atoms with Crippen LogP contribution in [0.4, 0.5) is 25.1 Å². The highest BCUT2D eigenvalue weighted by Crippen LogP contribution is 2.51. The highest BCUT2D eigenvalue weighted by molar-refractivity contribution is 6.90. The number of pyridine rings is 1. The molecule has 3 aliphatic carbocycles. The van der Waals surface area contributed by atoms with Crippen LogP contribution in [-0.4, -0.2) is 161 Å². The molecule has 0 unspecified atom stereocenters. The fourth-order valence-corrected chi connectivity index (χ4v) is 21.5. The van der Waals surface area contributed by atoms with E-state index in [9.17, 15) is 19.2 Å². The van der Waals surface area contributed by atoms with Gasteiger partial charge in [0.2, 0.25) is 5.91 Å². The number of aromatic nitrogens is 3. The van der Waals surface area contributed by atoms with E-state index in [-0.39, 0.29) is 71.0 Å². The fraction of sp³-hybridized carbons (Fsp3) is 0.586. The van der Waals surface area contributed by atoms with Crippen molar-refractivity contribution >= 4 is 64.9 Å². The molecule has 7 fully saturated rings. The Hall–Kier alpha value is -6.79. The number of methoxy groups -OCH3 is 2. The number of nitrogens with zero attached hydrogens (tertiary/aromatic N) is 8. The predicted octanol–water partition coefficient (Wildman–Crippen LogP) is 12.0. The van der Waals surface area contributed by atoms with Crippen LogP contribution in [0.2, 0.25) is 16.6 Å². The molecule has 90 heavy (non-hydrogen) atoms. The molecule has 3 saturated carbocycles. The van der Waals surface area contributed by atoms with Crippen LogP contribution < -0.4 is 29.3 Å². The maximum Gasteiger partial charge on any atom is 0.328 e. The van der Waals surface area contributed by atoms with Crippen molar-refractivity contribution in [1.82, 2.24) is 35.0 Å². The number of carbonyl (C=O) groups is 4. The first-order chi connectivity index (χ1) is 43.3. The highest BCUT2D eigenvalue weighted by Gasteiger charge is 2.50. The van der Waals surface area contributed by atoms with Gasteiger partial charge in [0, 0.05) is 125 Å². The van der Waals surface area contributed by atoms with E-state index in [1.807, 2.05) is 4.90 Å². The van der Waals surface area contributed by atoms with Crippen molar-refractivity contribution < 1.29 is 46.9 Å². The third-order valence-corrected chi connectivity index (χ3v) is 28.2. The number of benzene rings is 3. The van der Waals surface area contributed by atoms with Crippen molar-refractivity contribution in [2.75, 3.05) is 109 Å². The van der Waals surface area contributed by atoms with Crippen LogP contribution in [0.3, 0.4) is 0 Å². The van der Waals surface area contributed by atoms with Gasteiger partial charge in [-0.25, -0.2) is 13.6 Å². The Labute approximate surface area is 529 Å². The first-order valence-electron chi connectivity index (χ1n) is 33.0. The summed E-state index contributed by atoms with van der Waals surface area (Å²) in [6.45, 7) is 22.3. The minimum atomic E-state index is -2.34. The number of ether oxygens (including phenoxy) is 4. The summed E-state index contributed by atoms with van der Waals surface area (Å²) in [7, 11) is 0.719. The van der Waals surface area contributed by atoms with E-state index in [0.29, 0.717) is 112 Å². The summed E-state index contributed by atoms with van der Waals surface area (Å²) in [5.74, 6) is 4.07. The molecule has 4 aliphatic heterocycles. The van der Waals surface area contributed by atoms with Crippen molar-refractivity contribution in [3.63, 3.8) is 0 Å². The second-order valence-corrected chi connectivity index (χ2v) is 33.8. The number of hydrogen-bond donors (Lipinski definition) is 1. The number of urea groups is 1. The van der Waals surface area contributed by atoms with Gasteiger partial charge in [0.15, 0.2) is 12.6 Å². The summed E-state index contributed by atoms with van der Waals surface area (Å²) in [4.78, 5) is 77.2. The fourth-order valence-electron chi connectivity index (χ4n) is 16.3. The lowest BCUT2D eigenvalue weighted by Gasteiger charge is -2.47. The van der Waals surface area contributed by atoms with Crippen molar-refractivity contribution in [2.24, 2.45) is 22.2 Å². The predicted molar refractivity (Wildman–Crippen MR) is 347 cm³/mol. The molecule has 5 aromatic rings. The summed E-state index contributed by atoms with van der Waals surface area (Å²) in [5, 5.41) is 3.83. The number of piperidine rings is 2. The lowest BCUT2D eigenvalue weighted by atomic mass is 9.63. The molecule has 0 radical (unpaired) electrons. The molecule has 6 heterocycles. The van der Waals surface area contributed by atoms with E-state index in [4.69, 9.17) is 33.9 Å². The number of halogens is 2. The zero-order valence-corrected chi connectivity index (χ0v) is 54.9. The summed E-state index contributed by atoms with van der Waals surface area (Å²) in [6, 6.07) is 11.3. The normalized spacial score (nSPS) is 21.6. The molecule has 3 aromatic carbocycles. The molecule has 2 aromatic heterocycles. The van der Waals surface area contributed by atoms with Gasteiger partial charge in [-0.3, -0.25) is 29.6 Å². The number of Topliss-reactive ketones (excluding diaryl/α,β-unsaturated/α-hetero) is 1. The lowest BCUT2D eigenvalue weighted by Crippen LogP contribution is -2.53. The van der Waals surface area contributed by atoms with Crippen LogP contribution in [0.1, 0.15) is 141 Å². The van der Waals surface area contributed by atoms with Gasteiger partial charge in [0.05, 0.1) is 30.4 Å². The molecule has 12 rings (SSSR count). The number of likely N-dealkylation sites (tertiary alicyclic amines) is 1. The molecule has 4 saturated heterocycles. The maximum atomic E-state index is 18.1.